The van der Waals surface area contributed by atoms with E-state index in [9.17, 15) is 4.21 Å². The molecular formula is C4H4NaO2S2+. The van der Waals surface area contributed by atoms with Crippen molar-refractivity contribution in [1.29, 1.82) is 0 Å². The molecule has 0 amide bonds. The van der Waals surface area contributed by atoms with Crippen LogP contribution in [-0.4, -0.2) is 8.76 Å². The van der Waals surface area contributed by atoms with Gasteiger partial charge in [-0.25, -0.2) is 4.21 Å². The van der Waals surface area contributed by atoms with Gasteiger partial charge >= 0.3 is 29.6 Å². The molecule has 0 aliphatic heterocycles. The van der Waals surface area contributed by atoms with Crippen LogP contribution < -0.4 is 29.6 Å². The Morgan fingerprint density at radius 2 is 2.33 bits per heavy atom. The number of hydrogen-bond donors (Lipinski definition) is 1. The van der Waals surface area contributed by atoms with Crippen LogP contribution in [0.5, 0.6) is 0 Å². The summed E-state index contributed by atoms with van der Waals surface area (Å²) >= 11 is -0.498. The zero-order chi connectivity index (χ0) is 5.98. The molecule has 0 saturated carbocycles. The molecule has 0 radical (unpaired) electrons. The first kappa shape index (κ1) is 9.81. The second-order valence-corrected chi connectivity index (χ2v) is 3.33. The van der Waals surface area contributed by atoms with Gasteiger partial charge in [0.1, 0.15) is 4.21 Å². The zero-order valence-corrected chi connectivity index (χ0v) is 8.54. The molecule has 1 aromatic rings. The van der Waals surface area contributed by atoms with Gasteiger partial charge in [-0.2, -0.15) is 0 Å². The molecule has 9 heavy (non-hydrogen) atoms. The molecule has 1 N–H and O–H groups in total. The van der Waals surface area contributed by atoms with Gasteiger partial charge in [0, 0.05) is 0 Å². The van der Waals surface area contributed by atoms with Crippen molar-refractivity contribution in [2.24, 2.45) is 0 Å². The Labute approximate surface area is 81.9 Å². The van der Waals surface area contributed by atoms with Crippen molar-refractivity contribution >= 4 is 22.4 Å². The van der Waals surface area contributed by atoms with Crippen LogP contribution in [0.2, 0.25) is 0 Å². The van der Waals surface area contributed by atoms with Crippen molar-refractivity contribution in [1.82, 2.24) is 0 Å². The summed E-state index contributed by atoms with van der Waals surface area (Å²) in [6.07, 6.45) is 0. The molecular weight excluding hydrogens is 167 g/mol. The van der Waals surface area contributed by atoms with Gasteiger partial charge in [0.15, 0.2) is 11.1 Å². The fourth-order valence-electron chi connectivity index (χ4n) is 0.363. The summed E-state index contributed by atoms with van der Waals surface area (Å²) in [6.45, 7) is 0. The summed E-state index contributed by atoms with van der Waals surface area (Å²) in [6, 6.07) is 3.37. The standard InChI is InChI=1S/C4H4O2S2.Na/c5-8(6)4-2-1-3-7-4;/h1-3H,(H,5,6);/q;+1. The second-order valence-electron chi connectivity index (χ2n) is 1.18. The average molecular weight is 171 g/mol. The number of hydrogen-bond acceptors (Lipinski definition) is 2. The zero-order valence-electron chi connectivity index (χ0n) is 4.90. The van der Waals surface area contributed by atoms with Crippen LogP contribution in [0.1, 0.15) is 0 Å². The van der Waals surface area contributed by atoms with Crippen LogP contribution in [0.25, 0.3) is 0 Å². The SMILES string of the molecule is O=S(O)c1cccs1.[Na+]. The Morgan fingerprint density at radius 3 is 2.56 bits per heavy atom. The first-order valence-electron chi connectivity index (χ1n) is 1.95. The van der Waals surface area contributed by atoms with E-state index in [-0.39, 0.29) is 29.6 Å². The molecule has 0 fully saturated rings. The van der Waals surface area contributed by atoms with Gasteiger partial charge in [0.05, 0.1) is 0 Å². The first-order chi connectivity index (χ1) is 3.80. The molecule has 0 aliphatic rings. The predicted octanol–water partition coefficient (Wildman–Crippen LogP) is -1.67. The topological polar surface area (TPSA) is 37.3 Å². The quantitative estimate of drug-likeness (QED) is 0.405. The van der Waals surface area contributed by atoms with Gasteiger partial charge in [0.25, 0.3) is 0 Å². The van der Waals surface area contributed by atoms with Crippen molar-refractivity contribution in [3.05, 3.63) is 17.5 Å². The smallest absolute Gasteiger partial charge is 0.302 e. The molecule has 2 nitrogen and oxygen atoms in total. The maximum Gasteiger partial charge on any atom is 1.00 e. The van der Waals surface area contributed by atoms with Gasteiger partial charge < -0.3 is 4.55 Å². The summed E-state index contributed by atoms with van der Waals surface area (Å²) in [5.41, 5.74) is 0. The van der Waals surface area contributed by atoms with Crippen molar-refractivity contribution in [3.63, 3.8) is 0 Å². The van der Waals surface area contributed by atoms with E-state index in [1.807, 2.05) is 0 Å². The minimum Gasteiger partial charge on any atom is -0.302 e. The molecule has 0 spiro atoms. The molecule has 1 rings (SSSR count). The first-order valence-corrected chi connectivity index (χ1v) is 3.93. The predicted molar refractivity (Wildman–Crippen MR) is 33.4 cm³/mol. The van der Waals surface area contributed by atoms with Crippen LogP contribution >= 0.6 is 11.3 Å². The van der Waals surface area contributed by atoms with E-state index >= 15 is 0 Å². The largest absolute Gasteiger partial charge is 1.00 e. The van der Waals surface area contributed by atoms with E-state index in [1.165, 1.54) is 11.3 Å². The van der Waals surface area contributed by atoms with E-state index in [0.717, 1.165) is 0 Å². The van der Waals surface area contributed by atoms with E-state index in [1.54, 1.807) is 17.5 Å². The normalized spacial score (nSPS) is 12.1. The summed E-state index contributed by atoms with van der Waals surface area (Å²) in [5, 5.41) is 1.77. The fraction of sp³-hybridized carbons (Fsp3) is 0. The van der Waals surface area contributed by atoms with Crippen LogP contribution in [0, 0.1) is 0 Å². The minimum absolute atomic E-state index is 0. The molecule has 0 aliphatic carbocycles. The van der Waals surface area contributed by atoms with Gasteiger partial charge in [-0.05, 0) is 11.4 Å². The average Bonchev–Trinajstić information content (AvgIpc) is 2.12. The van der Waals surface area contributed by atoms with E-state index in [4.69, 9.17) is 4.55 Å². The van der Waals surface area contributed by atoms with Crippen molar-refractivity contribution < 1.29 is 38.3 Å². The molecule has 1 unspecified atom stereocenters. The van der Waals surface area contributed by atoms with E-state index in [2.05, 4.69) is 0 Å². The van der Waals surface area contributed by atoms with Gasteiger partial charge in [-0.3, -0.25) is 0 Å². The van der Waals surface area contributed by atoms with Crippen molar-refractivity contribution in [2.45, 2.75) is 4.21 Å². The van der Waals surface area contributed by atoms with Crippen molar-refractivity contribution in [3.8, 4) is 0 Å². The van der Waals surface area contributed by atoms with E-state index in [0.29, 0.717) is 4.21 Å². The Morgan fingerprint density at radius 1 is 1.67 bits per heavy atom. The van der Waals surface area contributed by atoms with Gasteiger partial charge in [0.2, 0.25) is 0 Å². The van der Waals surface area contributed by atoms with Gasteiger partial charge in [-0.1, -0.05) is 6.07 Å². The Hall–Kier alpha value is 0.810. The third kappa shape index (κ3) is 2.93. The Balaban J connectivity index is 0.000000640. The number of rotatable bonds is 1. The maximum atomic E-state index is 10.2. The summed E-state index contributed by atoms with van der Waals surface area (Å²) in [4.78, 5) is 0. The molecule has 0 bridgehead atoms. The monoisotopic (exact) mass is 171 g/mol. The van der Waals surface area contributed by atoms with Crippen LogP contribution in [0.15, 0.2) is 21.7 Å². The third-order valence-electron chi connectivity index (χ3n) is 0.667. The Kier molecular flexibility index (Phi) is 5.01. The maximum absolute atomic E-state index is 10.2. The van der Waals surface area contributed by atoms with Crippen LogP contribution in [0.3, 0.4) is 0 Å². The summed E-state index contributed by atoms with van der Waals surface area (Å²) < 4.78 is 19.1. The second kappa shape index (κ2) is 4.60. The third-order valence-corrected chi connectivity index (χ3v) is 2.53. The molecule has 5 heteroatoms. The molecule has 44 valence electrons. The molecule has 0 aromatic carbocycles. The summed E-state index contributed by atoms with van der Waals surface area (Å²) in [7, 11) is 0. The summed E-state index contributed by atoms with van der Waals surface area (Å²) in [5.74, 6) is 0. The molecule has 1 aromatic heterocycles. The van der Waals surface area contributed by atoms with E-state index < -0.39 is 11.1 Å². The number of thiophene rings is 1. The minimum atomic E-state index is -1.78. The van der Waals surface area contributed by atoms with Crippen molar-refractivity contribution in [2.75, 3.05) is 0 Å². The van der Waals surface area contributed by atoms with Crippen LogP contribution in [0.4, 0.5) is 0 Å². The Bertz CT molecular complexity index is 184. The molecule has 1 heterocycles. The fourth-order valence-corrected chi connectivity index (χ4v) is 1.50. The molecule has 1 atom stereocenters. The molecule has 0 saturated heterocycles. The van der Waals surface area contributed by atoms with Gasteiger partial charge in [-0.15, -0.1) is 11.3 Å². The van der Waals surface area contributed by atoms with Crippen LogP contribution in [-0.2, 0) is 11.1 Å².